The Hall–Kier alpha value is -0.899. The highest BCUT2D eigenvalue weighted by Crippen LogP contribution is 2.41. The molecular formula is C32H58O8Si3. The Kier molecular flexibility index (Phi) is 12.5. The van der Waals surface area contributed by atoms with E-state index in [0.29, 0.717) is 17.9 Å². The number of hydrogen-bond donors (Lipinski definition) is 1. The normalized spacial score (nSPS) is 28.7. The van der Waals surface area contributed by atoms with E-state index in [9.17, 15) is 9.90 Å². The Morgan fingerprint density at radius 3 is 2.16 bits per heavy atom. The van der Waals surface area contributed by atoms with Gasteiger partial charge in [0.15, 0.2) is 25.0 Å². The van der Waals surface area contributed by atoms with Crippen molar-refractivity contribution in [3.63, 3.8) is 0 Å². The van der Waals surface area contributed by atoms with E-state index < -0.39 is 31.1 Å². The van der Waals surface area contributed by atoms with Gasteiger partial charge in [0.1, 0.15) is 11.5 Å². The van der Waals surface area contributed by atoms with Crippen molar-refractivity contribution in [2.45, 2.75) is 135 Å². The molecule has 0 spiro atoms. The van der Waals surface area contributed by atoms with Crippen molar-refractivity contribution in [2.24, 2.45) is 11.8 Å². The van der Waals surface area contributed by atoms with Gasteiger partial charge in [-0.3, -0.25) is 4.79 Å². The molecule has 246 valence electrons. The van der Waals surface area contributed by atoms with Crippen LogP contribution in [-0.4, -0.2) is 86.2 Å². The molecule has 2 aliphatic rings. The van der Waals surface area contributed by atoms with Gasteiger partial charge in [0.2, 0.25) is 0 Å². The molecule has 1 unspecified atom stereocenters. The van der Waals surface area contributed by atoms with Crippen LogP contribution in [0, 0.1) is 11.8 Å². The first kappa shape index (κ1) is 36.6. The summed E-state index contributed by atoms with van der Waals surface area (Å²) < 4.78 is 38.1. The zero-order valence-corrected chi connectivity index (χ0v) is 31.6. The zero-order valence-electron chi connectivity index (χ0n) is 28.6. The molecule has 43 heavy (non-hydrogen) atoms. The SMILES string of the molecule is COc1cccc(C(O)CC(=O)C[C@H]2CO[C@@H](C[C@@H]3O[C@H]3[C@H](C)[C@H](C)O[Si](C)(C)C)[C@@H](O[Si](C)(C)C)[C@@H]2O[Si](C)(C)C)c1. The van der Waals surface area contributed by atoms with Gasteiger partial charge in [-0.15, -0.1) is 0 Å². The largest absolute Gasteiger partial charge is 0.497 e. The van der Waals surface area contributed by atoms with Crippen LogP contribution < -0.4 is 4.74 Å². The number of aliphatic hydroxyl groups excluding tert-OH is 1. The summed E-state index contributed by atoms with van der Waals surface area (Å²) >= 11 is 0. The van der Waals surface area contributed by atoms with E-state index in [1.54, 1.807) is 13.2 Å². The van der Waals surface area contributed by atoms with E-state index in [4.69, 9.17) is 27.5 Å². The van der Waals surface area contributed by atoms with E-state index in [2.05, 4.69) is 72.8 Å². The summed E-state index contributed by atoms with van der Waals surface area (Å²) in [5, 5.41) is 10.8. The molecule has 0 aliphatic carbocycles. The van der Waals surface area contributed by atoms with Crippen molar-refractivity contribution in [2.75, 3.05) is 13.7 Å². The smallest absolute Gasteiger partial charge is 0.184 e. The van der Waals surface area contributed by atoms with E-state index >= 15 is 0 Å². The van der Waals surface area contributed by atoms with Crippen molar-refractivity contribution in [1.29, 1.82) is 0 Å². The summed E-state index contributed by atoms with van der Waals surface area (Å²) in [5.74, 6) is 0.760. The van der Waals surface area contributed by atoms with Crippen LogP contribution in [0.3, 0.4) is 0 Å². The van der Waals surface area contributed by atoms with Crippen LogP contribution in [-0.2, 0) is 27.5 Å². The van der Waals surface area contributed by atoms with Gasteiger partial charge in [-0.2, -0.15) is 0 Å². The second-order valence-corrected chi connectivity index (χ2v) is 28.8. The molecule has 3 rings (SSSR count). The summed E-state index contributed by atoms with van der Waals surface area (Å²) in [4.78, 5) is 13.4. The van der Waals surface area contributed by atoms with Gasteiger partial charge >= 0.3 is 0 Å². The molecule has 2 heterocycles. The molecular weight excluding hydrogens is 597 g/mol. The highest BCUT2D eigenvalue weighted by atomic mass is 28.4. The second kappa shape index (κ2) is 14.7. The fourth-order valence-electron chi connectivity index (χ4n) is 5.94. The summed E-state index contributed by atoms with van der Waals surface area (Å²) in [6, 6.07) is 7.23. The topological polar surface area (TPSA) is 96.0 Å². The van der Waals surface area contributed by atoms with Crippen LogP contribution in [0.1, 0.15) is 44.8 Å². The summed E-state index contributed by atoms with van der Waals surface area (Å²) in [7, 11) is -4.08. The third kappa shape index (κ3) is 11.8. The zero-order chi connectivity index (χ0) is 32.3. The number of aliphatic hydroxyl groups is 1. The van der Waals surface area contributed by atoms with Crippen LogP contribution in [0.5, 0.6) is 5.75 Å². The van der Waals surface area contributed by atoms with Crippen molar-refractivity contribution in [1.82, 2.24) is 0 Å². The van der Waals surface area contributed by atoms with Crippen molar-refractivity contribution >= 4 is 30.7 Å². The molecule has 2 saturated heterocycles. The lowest BCUT2D eigenvalue weighted by atomic mass is 9.85. The number of carbonyl (C=O) groups excluding carboxylic acids is 1. The molecule has 9 atom stereocenters. The average Bonchev–Trinajstić information content (AvgIpc) is 3.63. The number of ether oxygens (including phenoxy) is 3. The molecule has 1 N–H and O–H groups in total. The first-order chi connectivity index (χ1) is 19.8. The van der Waals surface area contributed by atoms with E-state index in [1.807, 2.05) is 18.2 Å². The van der Waals surface area contributed by atoms with Crippen LogP contribution in [0.4, 0.5) is 0 Å². The minimum atomic E-state index is -2.01. The highest BCUT2D eigenvalue weighted by molar-refractivity contribution is 6.70. The number of ketones is 1. The number of Topliss-reactive ketones (excluding diaryl/α,β-unsaturated/α-hetero) is 1. The number of epoxide rings is 1. The van der Waals surface area contributed by atoms with Gasteiger partial charge in [-0.25, -0.2) is 0 Å². The highest BCUT2D eigenvalue weighted by Gasteiger charge is 2.51. The fraction of sp³-hybridized carbons (Fsp3) is 0.781. The summed E-state index contributed by atoms with van der Waals surface area (Å²) in [6.07, 6.45) is -0.262. The number of hydrogen-bond acceptors (Lipinski definition) is 8. The maximum atomic E-state index is 13.4. The van der Waals surface area contributed by atoms with Gasteiger partial charge in [0, 0.05) is 37.2 Å². The first-order valence-electron chi connectivity index (χ1n) is 15.9. The Bertz CT molecular complexity index is 1050. The predicted molar refractivity (Wildman–Crippen MR) is 178 cm³/mol. The standard InChI is InChI=1S/C32H58O8Si3/c1-21(22(2)38-41(4,5)6)30-29(37-30)19-28-32(40-43(10,11)12)31(39-42(7,8)9)24(20-36-28)16-25(33)18-27(34)23-14-13-15-26(17-23)35-3/h13-15,17,21-22,24,27-32,34H,16,18-20H2,1-12H3/t21-,22+,24+,27?,28+,29+,30+,31-,32-/m1/s1. The Morgan fingerprint density at radius 1 is 0.953 bits per heavy atom. The third-order valence-corrected chi connectivity index (χ3v) is 11.0. The monoisotopic (exact) mass is 654 g/mol. The minimum absolute atomic E-state index is 0.0194. The summed E-state index contributed by atoms with van der Waals surface area (Å²) in [5.41, 5.74) is 0.667. The van der Waals surface area contributed by atoms with E-state index in [0.717, 1.165) is 6.42 Å². The van der Waals surface area contributed by atoms with Crippen LogP contribution >= 0.6 is 0 Å². The van der Waals surface area contributed by atoms with Gasteiger partial charge in [-0.1, -0.05) is 19.1 Å². The van der Waals surface area contributed by atoms with E-state index in [-0.39, 0.29) is 67.1 Å². The van der Waals surface area contributed by atoms with Gasteiger partial charge in [0.05, 0.1) is 50.3 Å². The Balaban J connectivity index is 1.74. The van der Waals surface area contributed by atoms with Crippen molar-refractivity contribution in [3.05, 3.63) is 29.8 Å². The number of methoxy groups -OCH3 is 1. The second-order valence-electron chi connectivity index (χ2n) is 15.4. The maximum Gasteiger partial charge on any atom is 0.184 e. The quantitative estimate of drug-likeness (QED) is 0.158. The molecule has 0 bridgehead atoms. The lowest BCUT2D eigenvalue weighted by molar-refractivity contribution is -0.159. The third-order valence-electron chi connectivity index (χ3n) is 7.93. The lowest BCUT2D eigenvalue weighted by Crippen LogP contribution is -2.58. The van der Waals surface area contributed by atoms with Gasteiger partial charge < -0.3 is 32.6 Å². The number of carbonyl (C=O) groups is 1. The molecule has 0 radical (unpaired) electrons. The maximum absolute atomic E-state index is 13.4. The van der Waals surface area contributed by atoms with Crippen molar-refractivity contribution < 1.29 is 37.4 Å². The molecule has 1 aromatic carbocycles. The van der Waals surface area contributed by atoms with Crippen LogP contribution in [0.25, 0.3) is 0 Å². The molecule has 2 fully saturated rings. The molecule has 2 aliphatic heterocycles. The molecule has 8 nitrogen and oxygen atoms in total. The molecule has 11 heteroatoms. The molecule has 0 aromatic heterocycles. The van der Waals surface area contributed by atoms with Crippen LogP contribution in [0.15, 0.2) is 24.3 Å². The molecule has 0 saturated carbocycles. The number of benzene rings is 1. The van der Waals surface area contributed by atoms with Crippen molar-refractivity contribution in [3.8, 4) is 5.75 Å². The lowest BCUT2D eigenvalue weighted by Gasteiger charge is -2.47. The first-order valence-corrected chi connectivity index (χ1v) is 26.1. The van der Waals surface area contributed by atoms with Crippen LogP contribution in [0.2, 0.25) is 58.9 Å². The summed E-state index contributed by atoms with van der Waals surface area (Å²) in [6.45, 7) is 24.5. The average molecular weight is 655 g/mol. The Morgan fingerprint density at radius 2 is 1.58 bits per heavy atom. The van der Waals surface area contributed by atoms with Gasteiger partial charge in [-0.05, 0) is 83.5 Å². The molecule has 0 amide bonds. The molecule has 1 aromatic rings. The van der Waals surface area contributed by atoms with Gasteiger partial charge in [0.25, 0.3) is 0 Å². The Labute approximate surface area is 263 Å². The van der Waals surface area contributed by atoms with E-state index in [1.165, 1.54) is 0 Å². The fourth-order valence-corrected chi connectivity index (χ4v) is 9.52. The minimum Gasteiger partial charge on any atom is -0.497 e. The number of rotatable bonds is 16. The predicted octanol–water partition coefficient (Wildman–Crippen LogP) is 6.57.